The van der Waals surface area contributed by atoms with Crippen LogP contribution in [0.3, 0.4) is 0 Å². The van der Waals surface area contributed by atoms with Gasteiger partial charge < -0.3 is 10.5 Å². The predicted octanol–water partition coefficient (Wildman–Crippen LogP) is 4.66. The minimum absolute atomic E-state index is 0.295. The smallest absolute Gasteiger partial charge is 0.153 e. The van der Waals surface area contributed by atoms with E-state index in [0.717, 1.165) is 16.6 Å². The Morgan fingerprint density at radius 3 is 2.76 bits per heavy atom. The predicted molar refractivity (Wildman–Crippen MR) is 90.1 cm³/mol. The molecule has 0 atom stereocenters. The fraction of sp³-hybridized carbons (Fsp3) is 0.0625. The van der Waals surface area contributed by atoms with E-state index in [9.17, 15) is 4.39 Å². The second-order valence-electron chi connectivity index (χ2n) is 4.69. The van der Waals surface area contributed by atoms with Gasteiger partial charge in [-0.15, -0.1) is 0 Å². The van der Waals surface area contributed by atoms with Gasteiger partial charge in [-0.25, -0.2) is 9.37 Å². The van der Waals surface area contributed by atoms with Crippen LogP contribution in [0.25, 0.3) is 10.9 Å². The molecule has 0 aliphatic rings. The van der Waals surface area contributed by atoms with E-state index >= 15 is 0 Å². The van der Waals surface area contributed by atoms with E-state index in [0.29, 0.717) is 20.8 Å². The average molecular weight is 394 g/mol. The van der Waals surface area contributed by atoms with Crippen LogP contribution in [0.2, 0.25) is 0 Å². The first-order valence-electron chi connectivity index (χ1n) is 6.33. The number of para-hydroxylation sites is 1. The molecule has 0 aliphatic heterocycles. The third-order valence-electron chi connectivity index (χ3n) is 3.10. The first kappa shape index (κ1) is 14.1. The van der Waals surface area contributed by atoms with Gasteiger partial charge in [0.2, 0.25) is 0 Å². The van der Waals surface area contributed by atoms with Crippen molar-refractivity contribution in [1.29, 1.82) is 0 Å². The van der Waals surface area contributed by atoms with Crippen LogP contribution in [0.1, 0.15) is 5.69 Å². The minimum Gasteiger partial charge on any atom is -0.453 e. The molecule has 0 radical (unpaired) electrons. The van der Waals surface area contributed by atoms with Gasteiger partial charge in [0, 0.05) is 17.1 Å². The Kier molecular flexibility index (Phi) is 3.67. The highest BCUT2D eigenvalue weighted by Crippen LogP contribution is 2.33. The van der Waals surface area contributed by atoms with Crippen LogP contribution in [-0.2, 0) is 0 Å². The van der Waals surface area contributed by atoms with Gasteiger partial charge >= 0.3 is 0 Å². The minimum atomic E-state index is -0.357. The van der Waals surface area contributed by atoms with E-state index in [2.05, 4.69) is 4.98 Å². The van der Waals surface area contributed by atoms with Gasteiger partial charge in [0.15, 0.2) is 11.5 Å². The maximum absolute atomic E-state index is 13.7. The lowest BCUT2D eigenvalue weighted by Crippen LogP contribution is -1.96. The first-order chi connectivity index (χ1) is 10.0. The van der Waals surface area contributed by atoms with E-state index in [1.807, 2.05) is 53.8 Å². The molecular weight excluding hydrogens is 382 g/mol. The lowest BCUT2D eigenvalue weighted by atomic mass is 10.2. The van der Waals surface area contributed by atoms with Gasteiger partial charge in [0.05, 0.1) is 9.26 Å². The molecule has 0 amide bonds. The number of aromatic nitrogens is 1. The lowest BCUT2D eigenvalue weighted by Gasteiger charge is -2.11. The highest BCUT2D eigenvalue weighted by molar-refractivity contribution is 14.1. The summed E-state index contributed by atoms with van der Waals surface area (Å²) in [6.07, 6.45) is 0. The summed E-state index contributed by atoms with van der Waals surface area (Å²) in [4.78, 5) is 4.48. The van der Waals surface area contributed by atoms with E-state index in [1.54, 1.807) is 12.1 Å². The molecule has 3 rings (SSSR count). The number of nitrogens with two attached hydrogens (primary N) is 1. The molecule has 2 N–H and O–H groups in total. The molecule has 0 bridgehead atoms. The van der Waals surface area contributed by atoms with Crippen molar-refractivity contribution in [3.05, 3.63) is 57.5 Å². The summed E-state index contributed by atoms with van der Waals surface area (Å²) < 4.78 is 19.9. The van der Waals surface area contributed by atoms with Gasteiger partial charge in [0.25, 0.3) is 0 Å². The maximum atomic E-state index is 13.7. The number of halogens is 2. The molecule has 1 heterocycles. The summed E-state index contributed by atoms with van der Waals surface area (Å²) in [5, 5.41) is 0.961. The number of aryl methyl sites for hydroxylation is 1. The Labute approximate surface area is 135 Å². The number of nitrogen functional groups attached to an aromatic ring is 1. The number of pyridine rings is 1. The van der Waals surface area contributed by atoms with E-state index in [-0.39, 0.29) is 5.82 Å². The summed E-state index contributed by atoms with van der Waals surface area (Å²) in [7, 11) is 0. The fourth-order valence-corrected chi connectivity index (χ4v) is 2.54. The van der Waals surface area contributed by atoms with Crippen LogP contribution in [0.5, 0.6) is 11.5 Å². The largest absolute Gasteiger partial charge is 0.453 e. The second-order valence-corrected chi connectivity index (χ2v) is 5.85. The van der Waals surface area contributed by atoms with E-state index < -0.39 is 0 Å². The first-order valence-corrected chi connectivity index (χ1v) is 7.41. The second kappa shape index (κ2) is 5.48. The van der Waals surface area contributed by atoms with Crippen LogP contribution in [-0.4, -0.2) is 4.98 Å². The van der Waals surface area contributed by atoms with Crippen molar-refractivity contribution in [2.75, 3.05) is 5.73 Å². The maximum Gasteiger partial charge on any atom is 0.153 e. The third-order valence-corrected chi connectivity index (χ3v) is 3.92. The monoisotopic (exact) mass is 394 g/mol. The summed E-state index contributed by atoms with van der Waals surface area (Å²) >= 11 is 1.89. The van der Waals surface area contributed by atoms with Gasteiger partial charge in [-0.2, -0.15) is 0 Å². The quantitative estimate of drug-likeness (QED) is 0.508. The topological polar surface area (TPSA) is 48.1 Å². The molecule has 0 fully saturated rings. The van der Waals surface area contributed by atoms with Crippen LogP contribution in [0.4, 0.5) is 10.1 Å². The molecular formula is C16H12FIN2O. The number of benzene rings is 2. The number of rotatable bonds is 2. The van der Waals surface area contributed by atoms with Crippen molar-refractivity contribution in [2.45, 2.75) is 6.92 Å². The van der Waals surface area contributed by atoms with Crippen molar-refractivity contribution in [2.24, 2.45) is 0 Å². The number of hydrogen-bond donors (Lipinski definition) is 1. The number of ether oxygens (including phenoxy) is 1. The lowest BCUT2D eigenvalue weighted by molar-refractivity contribution is 0.482. The summed E-state index contributed by atoms with van der Waals surface area (Å²) in [6, 6.07) is 12.4. The Morgan fingerprint density at radius 1 is 1.14 bits per heavy atom. The summed E-state index contributed by atoms with van der Waals surface area (Å²) in [6.45, 7) is 1.91. The standard InChI is InChI=1S/C16H12FIN2O/c1-9-5-6-10-3-2-4-14(16(10)20-9)21-15-7-11(17)12(18)8-13(15)19/h2-8H,19H2,1H3. The molecule has 1 aromatic heterocycles. The van der Waals surface area contributed by atoms with Crippen LogP contribution in [0.15, 0.2) is 42.5 Å². The number of nitrogens with zero attached hydrogens (tertiary/aromatic N) is 1. The normalized spacial score (nSPS) is 10.8. The molecule has 21 heavy (non-hydrogen) atoms. The number of fused-ring (bicyclic) bond motifs is 1. The van der Waals surface area contributed by atoms with E-state index in [1.165, 1.54) is 6.07 Å². The Bertz CT molecular complexity index is 836. The number of hydrogen-bond acceptors (Lipinski definition) is 3. The molecule has 0 spiro atoms. The van der Waals surface area contributed by atoms with E-state index in [4.69, 9.17) is 10.5 Å². The van der Waals surface area contributed by atoms with Crippen molar-refractivity contribution in [1.82, 2.24) is 4.98 Å². The summed E-state index contributed by atoms with van der Waals surface area (Å²) in [5.41, 5.74) is 7.91. The van der Waals surface area contributed by atoms with Gasteiger partial charge in [-0.05, 0) is 47.7 Å². The van der Waals surface area contributed by atoms with Gasteiger partial charge in [0.1, 0.15) is 11.3 Å². The van der Waals surface area contributed by atoms with Crippen molar-refractivity contribution >= 4 is 39.2 Å². The van der Waals surface area contributed by atoms with Gasteiger partial charge in [-0.1, -0.05) is 18.2 Å². The summed E-state index contributed by atoms with van der Waals surface area (Å²) in [5.74, 6) is 0.497. The molecule has 0 aliphatic carbocycles. The van der Waals surface area contributed by atoms with Gasteiger partial charge in [-0.3, -0.25) is 0 Å². The Hall–Kier alpha value is -1.89. The molecule has 0 saturated carbocycles. The number of anilines is 1. The molecule has 0 unspecified atom stereocenters. The molecule has 2 aromatic carbocycles. The zero-order valence-electron chi connectivity index (χ0n) is 11.2. The van der Waals surface area contributed by atoms with Crippen molar-refractivity contribution < 1.29 is 9.13 Å². The zero-order chi connectivity index (χ0) is 15.0. The zero-order valence-corrected chi connectivity index (χ0v) is 13.4. The van der Waals surface area contributed by atoms with Crippen LogP contribution >= 0.6 is 22.6 Å². The van der Waals surface area contributed by atoms with Crippen molar-refractivity contribution in [3.63, 3.8) is 0 Å². The molecule has 3 nitrogen and oxygen atoms in total. The van der Waals surface area contributed by atoms with Crippen molar-refractivity contribution in [3.8, 4) is 11.5 Å². The highest BCUT2D eigenvalue weighted by Gasteiger charge is 2.10. The molecule has 106 valence electrons. The average Bonchev–Trinajstić information content (AvgIpc) is 2.45. The van der Waals surface area contributed by atoms with Crippen LogP contribution in [0, 0.1) is 16.3 Å². The Morgan fingerprint density at radius 2 is 1.95 bits per heavy atom. The third kappa shape index (κ3) is 2.78. The fourth-order valence-electron chi connectivity index (χ4n) is 2.05. The molecule has 0 saturated heterocycles. The Balaban J connectivity index is 2.10. The highest BCUT2D eigenvalue weighted by atomic mass is 127. The van der Waals surface area contributed by atoms with Crippen LogP contribution < -0.4 is 10.5 Å². The molecule has 5 heteroatoms. The SMILES string of the molecule is Cc1ccc2cccc(Oc3cc(F)c(I)cc3N)c2n1. The molecule has 3 aromatic rings.